The first-order chi connectivity index (χ1) is 10.7. The standard InChI is InChI=1S/C14H16N4O4S/c1-8-9(2)15-14(17-13(8)20)18-23(21,22)12-6-4-11(5-7-12)16-10(3)19/h4-7H,1-3H3,(H,16,19)(H2,15,17,18,20). The maximum Gasteiger partial charge on any atom is 0.264 e. The minimum Gasteiger partial charge on any atom is -0.326 e. The summed E-state index contributed by atoms with van der Waals surface area (Å²) in [5.41, 5.74) is 0.936. The average Bonchev–Trinajstić information content (AvgIpc) is 2.44. The topological polar surface area (TPSA) is 121 Å². The molecule has 9 heteroatoms. The van der Waals surface area contributed by atoms with E-state index in [9.17, 15) is 18.0 Å². The number of H-pyrrole nitrogens is 1. The molecular weight excluding hydrogens is 320 g/mol. The Morgan fingerprint density at radius 2 is 1.78 bits per heavy atom. The fourth-order valence-electron chi connectivity index (χ4n) is 1.80. The van der Waals surface area contributed by atoms with Gasteiger partial charge < -0.3 is 5.32 Å². The van der Waals surface area contributed by atoms with E-state index in [1.807, 2.05) is 0 Å². The number of aromatic amines is 1. The Labute approximate surface area is 133 Å². The number of amides is 1. The number of sulfonamides is 1. The van der Waals surface area contributed by atoms with E-state index in [2.05, 4.69) is 20.0 Å². The van der Waals surface area contributed by atoms with Crippen molar-refractivity contribution < 1.29 is 13.2 Å². The number of aryl methyl sites for hydroxylation is 1. The highest BCUT2D eigenvalue weighted by atomic mass is 32.2. The number of anilines is 2. The maximum absolute atomic E-state index is 12.3. The zero-order valence-electron chi connectivity index (χ0n) is 12.8. The summed E-state index contributed by atoms with van der Waals surface area (Å²) in [6.45, 7) is 4.57. The molecule has 0 saturated heterocycles. The predicted molar refractivity (Wildman–Crippen MR) is 85.9 cm³/mol. The second-order valence-corrected chi connectivity index (χ2v) is 6.62. The SMILES string of the molecule is CC(=O)Nc1ccc(S(=O)(=O)Nc2nc(C)c(C)c(=O)[nH]2)cc1. The van der Waals surface area contributed by atoms with Gasteiger partial charge in [-0.25, -0.2) is 18.1 Å². The fraction of sp³-hybridized carbons (Fsp3) is 0.214. The molecule has 0 saturated carbocycles. The molecule has 0 unspecified atom stereocenters. The molecule has 2 rings (SSSR count). The summed E-state index contributed by atoms with van der Waals surface area (Å²) < 4.78 is 26.8. The third-order valence-electron chi connectivity index (χ3n) is 3.11. The average molecular weight is 336 g/mol. The van der Waals surface area contributed by atoms with Gasteiger partial charge in [0.15, 0.2) is 0 Å². The number of aromatic nitrogens is 2. The van der Waals surface area contributed by atoms with Gasteiger partial charge >= 0.3 is 0 Å². The van der Waals surface area contributed by atoms with E-state index in [0.29, 0.717) is 16.9 Å². The van der Waals surface area contributed by atoms with Crippen LogP contribution >= 0.6 is 0 Å². The normalized spacial score (nSPS) is 11.1. The summed E-state index contributed by atoms with van der Waals surface area (Å²) in [6.07, 6.45) is 0. The molecule has 1 heterocycles. The second-order valence-electron chi connectivity index (χ2n) is 4.94. The van der Waals surface area contributed by atoms with Gasteiger partial charge in [0.25, 0.3) is 15.6 Å². The van der Waals surface area contributed by atoms with Crippen LogP contribution in [0.25, 0.3) is 0 Å². The van der Waals surface area contributed by atoms with Crippen molar-refractivity contribution in [2.75, 3.05) is 10.0 Å². The molecule has 0 aliphatic carbocycles. The van der Waals surface area contributed by atoms with Gasteiger partial charge in [0.2, 0.25) is 11.9 Å². The molecule has 0 bridgehead atoms. The summed E-state index contributed by atoms with van der Waals surface area (Å²) in [5.74, 6) is -0.403. The van der Waals surface area contributed by atoms with Gasteiger partial charge in [0, 0.05) is 23.9 Å². The van der Waals surface area contributed by atoms with E-state index in [0.717, 1.165) is 0 Å². The lowest BCUT2D eigenvalue weighted by Crippen LogP contribution is -2.21. The van der Waals surface area contributed by atoms with Crippen molar-refractivity contribution in [1.29, 1.82) is 0 Å². The number of rotatable bonds is 4. The van der Waals surface area contributed by atoms with Crippen molar-refractivity contribution in [2.45, 2.75) is 25.7 Å². The van der Waals surface area contributed by atoms with Gasteiger partial charge in [-0.2, -0.15) is 0 Å². The van der Waals surface area contributed by atoms with Crippen LogP contribution in [0.4, 0.5) is 11.6 Å². The predicted octanol–water partition coefficient (Wildman–Crippen LogP) is 1.15. The van der Waals surface area contributed by atoms with Crippen molar-refractivity contribution in [3.8, 4) is 0 Å². The van der Waals surface area contributed by atoms with Crippen molar-refractivity contribution in [3.63, 3.8) is 0 Å². The lowest BCUT2D eigenvalue weighted by Gasteiger charge is -2.09. The second kappa shape index (κ2) is 6.21. The van der Waals surface area contributed by atoms with Crippen LogP contribution in [0.15, 0.2) is 34.0 Å². The maximum atomic E-state index is 12.3. The van der Waals surface area contributed by atoms with Crippen LogP contribution in [-0.2, 0) is 14.8 Å². The van der Waals surface area contributed by atoms with Gasteiger partial charge in [0.05, 0.1) is 4.90 Å². The number of carbonyl (C=O) groups is 1. The number of nitrogens with zero attached hydrogens (tertiary/aromatic N) is 1. The van der Waals surface area contributed by atoms with Gasteiger partial charge in [-0.1, -0.05) is 0 Å². The van der Waals surface area contributed by atoms with Crippen LogP contribution in [0.5, 0.6) is 0 Å². The van der Waals surface area contributed by atoms with E-state index in [1.54, 1.807) is 13.8 Å². The molecule has 0 atom stereocenters. The van der Waals surface area contributed by atoms with Crippen molar-refractivity contribution in [1.82, 2.24) is 9.97 Å². The summed E-state index contributed by atoms with van der Waals surface area (Å²) in [5, 5.41) is 2.54. The van der Waals surface area contributed by atoms with Gasteiger partial charge in [-0.3, -0.25) is 14.6 Å². The van der Waals surface area contributed by atoms with Crippen LogP contribution in [0, 0.1) is 13.8 Å². The van der Waals surface area contributed by atoms with Crippen LogP contribution in [0.2, 0.25) is 0 Å². The molecule has 122 valence electrons. The molecular formula is C14H16N4O4S. The minimum atomic E-state index is -3.90. The monoisotopic (exact) mass is 336 g/mol. The molecule has 8 nitrogen and oxygen atoms in total. The van der Waals surface area contributed by atoms with Gasteiger partial charge in [-0.05, 0) is 38.1 Å². The molecule has 2 aromatic rings. The molecule has 0 aliphatic heterocycles. The number of nitrogens with one attached hydrogen (secondary N) is 3. The quantitative estimate of drug-likeness (QED) is 0.773. The van der Waals surface area contributed by atoms with E-state index < -0.39 is 15.6 Å². The Morgan fingerprint density at radius 3 is 2.30 bits per heavy atom. The van der Waals surface area contributed by atoms with E-state index in [-0.39, 0.29) is 16.8 Å². The Kier molecular flexibility index (Phi) is 4.50. The van der Waals surface area contributed by atoms with Crippen LogP contribution in [0.1, 0.15) is 18.2 Å². The Balaban J connectivity index is 2.28. The largest absolute Gasteiger partial charge is 0.326 e. The molecule has 0 aliphatic rings. The number of hydrogen-bond donors (Lipinski definition) is 3. The first-order valence-electron chi connectivity index (χ1n) is 6.67. The van der Waals surface area contributed by atoms with Crippen LogP contribution in [-0.4, -0.2) is 24.3 Å². The molecule has 1 aromatic carbocycles. The molecule has 23 heavy (non-hydrogen) atoms. The minimum absolute atomic E-state index is 0.0209. The summed E-state index contributed by atoms with van der Waals surface area (Å²) in [4.78, 5) is 28.9. The molecule has 3 N–H and O–H groups in total. The number of hydrogen-bond acceptors (Lipinski definition) is 5. The number of carbonyl (C=O) groups excluding carboxylic acids is 1. The lowest BCUT2D eigenvalue weighted by atomic mass is 10.3. The van der Waals surface area contributed by atoms with Crippen molar-refractivity contribution in [3.05, 3.63) is 45.9 Å². The Morgan fingerprint density at radius 1 is 1.17 bits per heavy atom. The summed E-state index contributed by atoms with van der Waals surface area (Å²) >= 11 is 0. The van der Waals surface area contributed by atoms with E-state index >= 15 is 0 Å². The smallest absolute Gasteiger partial charge is 0.264 e. The van der Waals surface area contributed by atoms with Crippen molar-refractivity contribution >= 4 is 27.6 Å². The van der Waals surface area contributed by atoms with Crippen LogP contribution < -0.4 is 15.6 Å². The first kappa shape index (κ1) is 16.7. The highest BCUT2D eigenvalue weighted by Crippen LogP contribution is 2.16. The molecule has 0 spiro atoms. The Bertz CT molecular complexity index is 901. The van der Waals surface area contributed by atoms with Crippen molar-refractivity contribution in [2.24, 2.45) is 0 Å². The third-order valence-corrected chi connectivity index (χ3v) is 4.47. The molecule has 0 fully saturated rings. The van der Waals surface area contributed by atoms with Gasteiger partial charge in [-0.15, -0.1) is 0 Å². The Hall–Kier alpha value is -2.68. The summed E-state index contributed by atoms with van der Waals surface area (Å²) in [6, 6.07) is 5.61. The molecule has 1 aromatic heterocycles. The number of benzene rings is 1. The zero-order valence-corrected chi connectivity index (χ0v) is 13.6. The van der Waals surface area contributed by atoms with E-state index in [1.165, 1.54) is 31.2 Å². The molecule has 0 radical (unpaired) electrons. The fourth-order valence-corrected chi connectivity index (χ4v) is 2.76. The third kappa shape index (κ3) is 3.95. The highest BCUT2D eigenvalue weighted by Gasteiger charge is 2.16. The van der Waals surface area contributed by atoms with Crippen LogP contribution in [0.3, 0.4) is 0 Å². The molecule has 1 amide bonds. The van der Waals surface area contributed by atoms with E-state index in [4.69, 9.17) is 0 Å². The van der Waals surface area contributed by atoms with Gasteiger partial charge in [0.1, 0.15) is 0 Å². The lowest BCUT2D eigenvalue weighted by molar-refractivity contribution is -0.114. The summed E-state index contributed by atoms with van der Waals surface area (Å²) in [7, 11) is -3.90. The zero-order chi connectivity index (χ0) is 17.2. The highest BCUT2D eigenvalue weighted by molar-refractivity contribution is 7.92. The first-order valence-corrected chi connectivity index (χ1v) is 8.15.